The number of pyridine rings is 1. The van der Waals surface area contributed by atoms with Crippen molar-refractivity contribution in [2.24, 2.45) is 0 Å². The third-order valence-electron chi connectivity index (χ3n) is 2.61. The van der Waals surface area contributed by atoms with Gasteiger partial charge in [0, 0.05) is 39.0 Å². The van der Waals surface area contributed by atoms with Gasteiger partial charge in [-0.25, -0.2) is 15.0 Å². The number of benzene rings is 1. The van der Waals surface area contributed by atoms with Crippen LogP contribution in [0.5, 0.6) is 0 Å². The fourth-order valence-electron chi connectivity index (χ4n) is 1.79. The maximum absolute atomic E-state index is 6.17. The van der Waals surface area contributed by atoms with Crippen LogP contribution in [0.1, 0.15) is 0 Å². The van der Waals surface area contributed by atoms with Crippen molar-refractivity contribution in [3.05, 3.63) is 53.0 Å². The molecule has 0 N–H and O–H groups in total. The predicted molar refractivity (Wildman–Crippen MR) is 72.8 cm³/mol. The van der Waals surface area contributed by atoms with E-state index in [4.69, 9.17) is 23.2 Å². The van der Waals surface area contributed by atoms with Crippen LogP contribution in [0.4, 0.5) is 0 Å². The molecule has 1 aromatic carbocycles. The molecular weight excluding hydrogens is 269 g/mol. The van der Waals surface area contributed by atoms with E-state index >= 15 is 0 Å². The maximum Gasteiger partial charge on any atom is 0.162 e. The lowest BCUT2D eigenvalue weighted by molar-refractivity contribution is 1.18. The van der Waals surface area contributed by atoms with Crippen LogP contribution in [-0.2, 0) is 0 Å². The summed E-state index contributed by atoms with van der Waals surface area (Å²) >= 11 is 12.3. The fourth-order valence-corrected chi connectivity index (χ4v) is 2.41. The van der Waals surface area contributed by atoms with E-state index in [0.29, 0.717) is 15.7 Å². The highest BCUT2D eigenvalue weighted by Crippen LogP contribution is 2.34. The average molecular weight is 276 g/mol. The van der Waals surface area contributed by atoms with Crippen LogP contribution >= 0.6 is 23.2 Å². The molecule has 3 aromatic rings. The van der Waals surface area contributed by atoms with Gasteiger partial charge in [-0.3, -0.25) is 0 Å². The first-order chi connectivity index (χ1) is 8.75. The van der Waals surface area contributed by atoms with E-state index in [9.17, 15) is 0 Å². The lowest BCUT2D eigenvalue weighted by atomic mass is 10.1. The zero-order chi connectivity index (χ0) is 12.5. The Kier molecular flexibility index (Phi) is 2.86. The van der Waals surface area contributed by atoms with E-state index in [-0.39, 0.29) is 0 Å². The number of aromatic nitrogens is 3. The first-order valence-corrected chi connectivity index (χ1v) is 6.01. The summed E-state index contributed by atoms with van der Waals surface area (Å²) in [6, 6.07) is 7.34. The largest absolute Gasteiger partial charge is 0.244 e. The van der Waals surface area contributed by atoms with Crippen molar-refractivity contribution in [1.29, 1.82) is 0 Å². The normalized spacial score (nSPS) is 10.8. The van der Waals surface area contributed by atoms with Gasteiger partial charge in [-0.05, 0) is 18.2 Å². The molecule has 3 nitrogen and oxygen atoms in total. The molecule has 0 aliphatic heterocycles. The molecule has 0 aliphatic carbocycles. The molecule has 0 saturated carbocycles. The molecule has 0 bridgehead atoms. The van der Waals surface area contributed by atoms with Gasteiger partial charge in [0.15, 0.2) is 5.65 Å². The number of nitrogens with zero attached hydrogens (tertiary/aromatic N) is 3. The topological polar surface area (TPSA) is 38.7 Å². The number of hydrogen-bond donors (Lipinski definition) is 0. The molecule has 18 heavy (non-hydrogen) atoms. The zero-order valence-corrected chi connectivity index (χ0v) is 10.7. The van der Waals surface area contributed by atoms with Crippen molar-refractivity contribution in [3.8, 4) is 11.1 Å². The Hall–Kier alpha value is -1.71. The van der Waals surface area contributed by atoms with Crippen LogP contribution in [0, 0.1) is 0 Å². The highest BCUT2D eigenvalue weighted by atomic mass is 35.5. The molecule has 0 saturated heterocycles. The second-order valence-electron chi connectivity index (χ2n) is 3.76. The minimum absolute atomic E-state index is 0.598. The van der Waals surface area contributed by atoms with Gasteiger partial charge in [-0.2, -0.15) is 0 Å². The van der Waals surface area contributed by atoms with Crippen molar-refractivity contribution in [3.63, 3.8) is 0 Å². The molecule has 88 valence electrons. The summed E-state index contributed by atoms with van der Waals surface area (Å²) in [4.78, 5) is 12.3. The summed E-state index contributed by atoms with van der Waals surface area (Å²) in [6.07, 6.45) is 4.89. The van der Waals surface area contributed by atoms with E-state index in [0.717, 1.165) is 16.5 Å². The third kappa shape index (κ3) is 1.92. The van der Waals surface area contributed by atoms with Crippen LogP contribution < -0.4 is 0 Å². The molecule has 3 rings (SSSR count). The highest BCUT2D eigenvalue weighted by Gasteiger charge is 2.09. The van der Waals surface area contributed by atoms with Crippen LogP contribution in [0.3, 0.4) is 0 Å². The molecule has 2 heterocycles. The monoisotopic (exact) mass is 275 g/mol. The van der Waals surface area contributed by atoms with Crippen LogP contribution in [0.15, 0.2) is 43.0 Å². The van der Waals surface area contributed by atoms with Crippen molar-refractivity contribution in [2.75, 3.05) is 0 Å². The molecule has 0 fully saturated rings. The Morgan fingerprint density at radius 1 is 0.944 bits per heavy atom. The minimum Gasteiger partial charge on any atom is -0.244 e. The van der Waals surface area contributed by atoms with E-state index in [1.54, 1.807) is 24.5 Å². The van der Waals surface area contributed by atoms with E-state index < -0.39 is 0 Å². The minimum atomic E-state index is 0.598. The van der Waals surface area contributed by atoms with Crippen molar-refractivity contribution in [2.45, 2.75) is 0 Å². The number of rotatable bonds is 1. The van der Waals surface area contributed by atoms with Gasteiger partial charge in [0.25, 0.3) is 0 Å². The lowest BCUT2D eigenvalue weighted by Crippen LogP contribution is -1.88. The van der Waals surface area contributed by atoms with Crippen molar-refractivity contribution >= 4 is 34.2 Å². The summed E-state index contributed by atoms with van der Waals surface area (Å²) < 4.78 is 0. The average Bonchev–Trinajstić information content (AvgIpc) is 2.38. The van der Waals surface area contributed by atoms with Gasteiger partial charge in [-0.1, -0.05) is 29.3 Å². The SMILES string of the molecule is Clc1cccc(Cl)c1-c1cnc2ncncc2c1. The van der Waals surface area contributed by atoms with Crippen LogP contribution in [0.25, 0.3) is 22.2 Å². The van der Waals surface area contributed by atoms with Gasteiger partial charge in [0.1, 0.15) is 6.33 Å². The second-order valence-corrected chi connectivity index (χ2v) is 4.57. The summed E-state index contributed by atoms with van der Waals surface area (Å²) in [5.74, 6) is 0. The zero-order valence-electron chi connectivity index (χ0n) is 9.14. The van der Waals surface area contributed by atoms with E-state index in [1.807, 2.05) is 12.1 Å². The predicted octanol–water partition coefficient (Wildman–Crippen LogP) is 4.00. The van der Waals surface area contributed by atoms with E-state index in [2.05, 4.69) is 15.0 Å². The summed E-state index contributed by atoms with van der Waals surface area (Å²) in [5, 5.41) is 2.05. The standard InChI is InChI=1S/C13H7Cl2N3/c14-10-2-1-3-11(15)12(10)8-4-9-5-16-7-18-13(9)17-6-8/h1-7H. The Bertz CT molecular complexity index is 708. The van der Waals surface area contributed by atoms with Crippen LogP contribution in [0.2, 0.25) is 10.0 Å². The van der Waals surface area contributed by atoms with Crippen LogP contribution in [-0.4, -0.2) is 15.0 Å². The van der Waals surface area contributed by atoms with E-state index in [1.165, 1.54) is 6.33 Å². The van der Waals surface area contributed by atoms with Gasteiger partial charge in [-0.15, -0.1) is 0 Å². The quantitative estimate of drug-likeness (QED) is 0.674. The third-order valence-corrected chi connectivity index (χ3v) is 3.24. The number of halogens is 2. The van der Waals surface area contributed by atoms with Crippen molar-refractivity contribution in [1.82, 2.24) is 15.0 Å². The first kappa shape index (κ1) is 11.4. The molecule has 0 aliphatic rings. The lowest BCUT2D eigenvalue weighted by Gasteiger charge is -2.07. The first-order valence-electron chi connectivity index (χ1n) is 5.26. The maximum atomic E-state index is 6.17. The van der Waals surface area contributed by atoms with Gasteiger partial charge < -0.3 is 0 Å². The van der Waals surface area contributed by atoms with Gasteiger partial charge in [0.2, 0.25) is 0 Å². The molecule has 0 spiro atoms. The summed E-state index contributed by atoms with van der Waals surface area (Å²) in [6.45, 7) is 0. The smallest absolute Gasteiger partial charge is 0.162 e. The number of fused-ring (bicyclic) bond motifs is 1. The summed E-state index contributed by atoms with van der Waals surface area (Å²) in [7, 11) is 0. The molecule has 0 radical (unpaired) electrons. The molecule has 0 atom stereocenters. The molecule has 2 aromatic heterocycles. The second kappa shape index (κ2) is 4.52. The molecule has 5 heteroatoms. The fraction of sp³-hybridized carbons (Fsp3) is 0. The Balaban J connectivity index is 2.26. The van der Waals surface area contributed by atoms with Crippen molar-refractivity contribution < 1.29 is 0 Å². The molecule has 0 amide bonds. The molecular formula is C13H7Cl2N3. The van der Waals surface area contributed by atoms with Gasteiger partial charge in [0.05, 0.1) is 0 Å². The summed E-state index contributed by atoms with van der Waals surface area (Å²) in [5.41, 5.74) is 2.28. The Labute approximate surface area is 113 Å². The Morgan fingerprint density at radius 2 is 1.72 bits per heavy atom. The number of hydrogen-bond acceptors (Lipinski definition) is 3. The molecule has 0 unspecified atom stereocenters. The van der Waals surface area contributed by atoms with Gasteiger partial charge >= 0.3 is 0 Å². The Morgan fingerprint density at radius 3 is 2.50 bits per heavy atom. The highest BCUT2D eigenvalue weighted by molar-refractivity contribution is 6.39.